The first-order valence-electron chi connectivity index (χ1n) is 7.18. The number of benzene rings is 1. The van der Waals surface area contributed by atoms with Gasteiger partial charge in [0.25, 0.3) is 0 Å². The Balaban J connectivity index is 2.34. The minimum Gasteiger partial charge on any atom is -0.329 e. The highest BCUT2D eigenvalue weighted by Crippen LogP contribution is 2.35. The summed E-state index contributed by atoms with van der Waals surface area (Å²) < 4.78 is 27.1. The zero-order valence-corrected chi connectivity index (χ0v) is 13.1. The molecule has 2 rings (SSSR count). The minimum atomic E-state index is -3.47. The molecule has 1 aromatic rings. The average Bonchev–Trinajstić information content (AvgIpc) is 2.47. The van der Waals surface area contributed by atoms with Crippen LogP contribution in [-0.2, 0) is 10.0 Å². The smallest absolute Gasteiger partial charge is 0.243 e. The summed E-state index contributed by atoms with van der Waals surface area (Å²) in [5.74, 6) is 0. The van der Waals surface area contributed by atoms with Crippen molar-refractivity contribution in [2.24, 2.45) is 5.73 Å². The van der Waals surface area contributed by atoms with Crippen molar-refractivity contribution in [1.29, 1.82) is 0 Å². The molecule has 5 heteroatoms. The minimum absolute atomic E-state index is 0.351. The summed E-state index contributed by atoms with van der Waals surface area (Å²) in [5.41, 5.74) is 6.57. The van der Waals surface area contributed by atoms with E-state index in [4.69, 9.17) is 5.73 Å². The Kier molecular flexibility index (Phi) is 4.52. The van der Waals surface area contributed by atoms with Gasteiger partial charge in [0.2, 0.25) is 10.0 Å². The van der Waals surface area contributed by atoms with Gasteiger partial charge in [-0.15, -0.1) is 0 Å². The third-order valence-electron chi connectivity index (χ3n) is 4.51. The highest BCUT2D eigenvalue weighted by atomic mass is 32.2. The van der Waals surface area contributed by atoms with E-state index in [2.05, 4.69) is 0 Å². The average molecular weight is 296 g/mol. The largest absolute Gasteiger partial charge is 0.329 e. The van der Waals surface area contributed by atoms with Crippen LogP contribution in [0.5, 0.6) is 0 Å². The predicted molar refractivity (Wildman–Crippen MR) is 81.0 cm³/mol. The van der Waals surface area contributed by atoms with Crippen LogP contribution in [0.1, 0.15) is 37.7 Å². The molecule has 112 valence electrons. The van der Waals surface area contributed by atoms with E-state index in [1.165, 1.54) is 10.7 Å². The molecular weight excluding hydrogens is 272 g/mol. The number of aryl methyl sites for hydroxylation is 1. The second-order valence-electron chi connectivity index (χ2n) is 5.77. The van der Waals surface area contributed by atoms with Gasteiger partial charge in [-0.25, -0.2) is 8.42 Å². The molecule has 1 aliphatic rings. The summed E-state index contributed by atoms with van der Waals surface area (Å²) in [4.78, 5) is 0.351. The van der Waals surface area contributed by atoms with Crippen LogP contribution < -0.4 is 5.73 Å². The van der Waals surface area contributed by atoms with Crippen LogP contribution in [0.2, 0.25) is 0 Å². The molecule has 0 aromatic heterocycles. The first-order chi connectivity index (χ1) is 9.42. The fourth-order valence-electron chi connectivity index (χ4n) is 2.98. The van der Waals surface area contributed by atoms with Gasteiger partial charge in [0.1, 0.15) is 0 Å². The molecule has 0 heterocycles. The molecule has 2 N–H and O–H groups in total. The highest BCUT2D eigenvalue weighted by Gasteiger charge is 2.41. The van der Waals surface area contributed by atoms with Gasteiger partial charge in [-0.05, 0) is 31.9 Å². The van der Waals surface area contributed by atoms with Crippen molar-refractivity contribution >= 4 is 10.0 Å². The Hall–Kier alpha value is -0.910. The second-order valence-corrected chi connectivity index (χ2v) is 7.74. The Morgan fingerprint density at radius 2 is 1.70 bits per heavy atom. The van der Waals surface area contributed by atoms with Crippen LogP contribution in [0.25, 0.3) is 0 Å². The summed E-state index contributed by atoms with van der Waals surface area (Å²) in [5, 5.41) is 0. The number of likely N-dealkylation sites (N-methyl/N-ethyl adjacent to an activating group) is 1. The van der Waals surface area contributed by atoms with Gasteiger partial charge in [-0.2, -0.15) is 4.31 Å². The van der Waals surface area contributed by atoms with E-state index in [1.807, 2.05) is 19.1 Å². The molecule has 0 saturated heterocycles. The lowest BCUT2D eigenvalue weighted by atomic mass is 9.82. The van der Waals surface area contributed by atoms with Gasteiger partial charge in [0.05, 0.1) is 4.90 Å². The molecule has 1 saturated carbocycles. The van der Waals surface area contributed by atoms with E-state index in [0.717, 1.165) is 31.2 Å². The van der Waals surface area contributed by atoms with Gasteiger partial charge < -0.3 is 5.73 Å². The van der Waals surface area contributed by atoms with Crippen LogP contribution in [0.3, 0.4) is 0 Å². The molecule has 1 fully saturated rings. The lowest BCUT2D eigenvalue weighted by Gasteiger charge is -2.43. The van der Waals surface area contributed by atoms with Gasteiger partial charge in [-0.1, -0.05) is 37.0 Å². The van der Waals surface area contributed by atoms with E-state index < -0.39 is 15.6 Å². The molecule has 0 radical (unpaired) electrons. The van der Waals surface area contributed by atoms with Gasteiger partial charge in [0.15, 0.2) is 0 Å². The third-order valence-corrected chi connectivity index (χ3v) is 6.49. The van der Waals surface area contributed by atoms with Crippen molar-refractivity contribution in [2.45, 2.75) is 49.5 Å². The van der Waals surface area contributed by atoms with E-state index in [0.29, 0.717) is 11.4 Å². The summed E-state index contributed by atoms with van der Waals surface area (Å²) in [7, 11) is -1.80. The normalized spacial score (nSPS) is 19.2. The maximum atomic E-state index is 12.8. The summed E-state index contributed by atoms with van der Waals surface area (Å²) in [6, 6.07) is 7.01. The topological polar surface area (TPSA) is 63.4 Å². The van der Waals surface area contributed by atoms with Gasteiger partial charge in [0, 0.05) is 19.1 Å². The quantitative estimate of drug-likeness (QED) is 0.927. The molecule has 0 unspecified atom stereocenters. The van der Waals surface area contributed by atoms with Crippen molar-refractivity contribution in [3.05, 3.63) is 29.8 Å². The standard InChI is InChI=1S/C15H24N2O2S/c1-13-6-8-14(9-7-13)20(18,19)17(2)15(12-16)10-4-3-5-11-15/h6-9H,3-5,10-12,16H2,1-2H3. The fraction of sp³-hybridized carbons (Fsp3) is 0.600. The third kappa shape index (κ3) is 2.75. The zero-order chi connectivity index (χ0) is 14.8. The zero-order valence-electron chi connectivity index (χ0n) is 12.3. The maximum absolute atomic E-state index is 12.8. The molecule has 0 spiro atoms. The number of nitrogens with two attached hydrogens (primary N) is 1. The van der Waals surface area contributed by atoms with Crippen LogP contribution in [0.4, 0.5) is 0 Å². The Morgan fingerprint density at radius 1 is 1.15 bits per heavy atom. The monoisotopic (exact) mass is 296 g/mol. The predicted octanol–water partition coefficient (Wildman–Crippen LogP) is 2.28. The fourth-order valence-corrected chi connectivity index (χ4v) is 4.54. The number of rotatable bonds is 4. The number of nitrogens with zero attached hydrogens (tertiary/aromatic N) is 1. The maximum Gasteiger partial charge on any atom is 0.243 e. The summed E-state index contributed by atoms with van der Waals surface area (Å²) in [6.45, 7) is 2.33. The number of hydrogen-bond acceptors (Lipinski definition) is 3. The van der Waals surface area contributed by atoms with Gasteiger partial charge >= 0.3 is 0 Å². The molecule has 0 aliphatic heterocycles. The lowest BCUT2D eigenvalue weighted by molar-refractivity contribution is 0.159. The molecular formula is C15H24N2O2S. The van der Waals surface area contributed by atoms with Crippen molar-refractivity contribution in [3.63, 3.8) is 0 Å². The van der Waals surface area contributed by atoms with Gasteiger partial charge in [-0.3, -0.25) is 0 Å². The second kappa shape index (κ2) is 5.84. The Bertz CT molecular complexity index is 546. The molecule has 4 nitrogen and oxygen atoms in total. The Labute approximate surface area is 122 Å². The number of sulfonamides is 1. The van der Waals surface area contributed by atoms with Crippen LogP contribution in [0.15, 0.2) is 29.2 Å². The SMILES string of the molecule is Cc1ccc(S(=O)(=O)N(C)C2(CN)CCCCC2)cc1. The van der Waals surface area contributed by atoms with Crippen LogP contribution in [-0.4, -0.2) is 31.9 Å². The van der Waals surface area contributed by atoms with Crippen LogP contribution in [0, 0.1) is 6.92 Å². The first-order valence-corrected chi connectivity index (χ1v) is 8.62. The Morgan fingerprint density at radius 3 is 2.20 bits per heavy atom. The first kappa shape index (κ1) is 15.5. The molecule has 0 amide bonds. The molecule has 0 atom stereocenters. The van der Waals surface area contributed by atoms with Crippen molar-refractivity contribution in [2.75, 3.05) is 13.6 Å². The van der Waals surface area contributed by atoms with Crippen molar-refractivity contribution in [3.8, 4) is 0 Å². The highest BCUT2D eigenvalue weighted by molar-refractivity contribution is 7.89. The van der Waals surface area contributed by atoms with E-state index in [1.54, 1.807) is 19.2 Å². The summed E-state index contributed by atoms with van der Waals surface area (Å²) in [6.07, 6.45) is 4.96. The van der Waals surface area contributed by atoms with Crippen molar-refractivity contribution in [1.82, 2.24) is 4.31 Å². The van der Waals surface area contributed by atoms with Crippen LogP contribution >= 0.6 is 0 Å². The van der Waals surface area contributed by atoms with E-state index in [-0.39, 0.29) is 0 Å². The summed E-state index contributed by atoms with van der Waals surface area (Å²) >= 11 is 0. The molecule has 1 aliphatic carbocycles. The molecule has 1 aromatic carbocycles. The van der Waals surface area contributed by atoms with E-state index in [9.17, 15) is 8.42 Å². The molecule has 0 bridgehead atoms. The van der Waals surface area contributed by atoms with E-state index >= 15 is 0 Å². The molecule has 20 heavy (non-hydrogen) atoms. The van der Waals surface area contributed by atoms with Crippen molar-refractivity contribution < 1.29 is 8.42 Å². The lowest BCUT2D eigenvalue weighted by Crippen LogP contribution is -2.55. The number of hydrogen-bond donors (Lipinski definition) is 1.